The van der Waals surface area contributed by atoms with Crippen LogP contribution in [-0.2, 0) is 25.1 Å². The number of hydrogen-bond acceptors (Lipinski definition) is 10. The number of Topliss-reactive ketones (excluding diaryl/α,β-unsaturated/α-hetero) is 2. The Labute approximate surface area is 388 Å². The number of anilines is 4. The minimum absolute atomic E-state index is 0.00420. The number of carbonyl (C=O) groups is 6. The molecule has 0 saturated carbocycles. The third-order valence-corrected chi connectivity index (χ3v) is 10.1. The van der Waals surface area contributed by atoms with Crippen molar-refractivity contribution < 1.29 is 28.8 Å². The SMILES string of the molecule is CC(=O)C(N=Nc1cc(C(=O)Nc2cc(Cl)cc(Cl)c2)ccc1Cl)C(=O)Nc1ccc(NC(=O)C(N=Nc2cc(C(=O)Nc3cc(Cl)cc(Cl)c3)ccc2Cl)C(C)=O)c(CCl)c1. The number of carbonyl (C=O) groups excluding carboxylic acids is 6. The van der Waals surface area contributed by atoms with Gasteiger partial charge in [-0.3, -0.25) is 28.8 Å². The number of nitrogens with zero attached hydrogens (tertiary/aromatic N) is 4. The number of benzene rings is 5. The molecule has 62 heavy (non-hydrogen) atoms. The minimum Gasteiger partial charge on any atom is -0.324 e. The molecule has 4 N–H and O–H groups in total. The van der Waals surface area contributed by atoms with E-state index in [-0.39, 0.29) is 49.8 Å². The zero-order valence-electron chi connectivity index (χ0n) is 31.9. The summed E-state index contributed by atoms with van der Waals surface area (Å²) in [4.78, 5) is 77.6. The van der Waals surface area contributed by atoms with Gasteiger partial charge >= 0.3 is 0 Å². The summed E-state index contributed by atoms with van der Waals surface area (Å²) >= 11 is 42.9. The molecule has 21 heteroatoms. The Morgan fingerprint density at radius 2 is 0.919 bits per heavy atom. The second-order valence-electron chi connectivity index (χ2n) is 13.0. The number of alkyl halides is 1. The number of azo groups is 2. The van der Waals surface area contributed by atoms with Crippen molar-refractivity contribution in [1.82, 2.24) is 0 Å². The summed E-state index contributed by atoms with van der Waals surface area (Å²) in [5, 5.41) is 27.7. The third-order valence-electron chi connectivity index (χ3n) is 8.26. The van der Waals surface area contributed by atoms with E-state index >= 15 is 0 Å². The summed E-state index contributed by atoms with van der Waals surface area (Å²) in [6.45, 7) is 2.27. The van der Waals surface area contributed by atoms with Crippen LogP contribution in [0.2, 0.25) is 30.1 Å². The lowest BCUT2D eigenvalue weighted by Crippen LogP contribution is -2.32. The summed E-state index contributed by atoms with van der Waals surface area (Å²) in [5.74, 6) is -4.35. The molecule has 0 spiro atoms. The topological polar surface area (TPSA) is 200 Å². The summed E-state index contributed by atoms with van der Waals surface area (Å²) < 4.78 is 0. The van der Waals surface area contributed by atoms with Crippen LogP contribution in [0, 0.1) is 0 Å². The molecule has 0 aromatic heterocycles. The van der Waals surface area contributed by atoms with Crippen molar-refractivity contribution in [3.8, 4) is 0 Å². The fraction of sp³-hybridized carbons (Fsp3) is 0.122. The van der Waals surface area contributed by atoms with Crippen LogP contribution in [0.4, 0.5) is 34.1 Å². The number of amides is 4. The molecule has 0 heterocycles. The molecule has 0 aliphatic rings. The predicted molar refractivity (Wildman–Crippen MR) is 243 cm³/mol. The van der Waals surface area contributed by atoms with Gasteiger partial charge < -0.3 is 21.3 Å². The fourth-order valence-electron chi connectivity index (χ4n) is 5.31. The van der Waals surface area contributed by atoms with Gasteiger partial charge in [0.15, 0.2) is 11.6 Å². The first kappa shape index (κ1) is 47.6. The molecule has 5 aromatic carbocycles. The fourth-order valence-corrected chi connectivity index (χ4v) is 6.90. The van der Waals surface area contributed by atoms with Gasteiger partial charge in [0.05, 0.1) is 10.0 Å². The van der Waals surface area contributed by atoms with Gasteiger partial charge in [-0.1, -0.05) is 69.6 Å². The highest BCUT2D eigenvalue weighted by molar-refractivity contribution is 6.36. The maximum Gasteiger partial charge on any atom is 0.258 e. The average molecular weight is 978 g/mol. The van der Waals surface area contributed by atoms with Crippen molar-refractivity contribution >= 4 is 151 Å². The summed E-state index contributed by atoms with van der Waals surface area (Å²) in [5.41, 5.74) is 1.56. The van der Waals surface area contributed by atoms with E-state index in [2.05, 4.69) is 41.7 Å². The van der Waals surface area contributed by atoms with Crippen LogP contribution in [0.1, 0.15) is 40.1 Å². The number of ketones is 2. The van der Waals surface area contributed by atoms with Crippen molar-refractivity contribution in [2.45, 2.75) is 31.8 Å². The van der Waals surface area contributed by atoms with Crippen LogP contribution in [0.5, 0.6) is 0 Å². The second kappa shape index (κ2) is 21.6. The summed E-state index contributed by atoms with van der Waals surface area (Å²) in [6, 6.07) is 18.3. The molecule has 2 unspecified atom stereocenters. The molecule has 14 nitrogen and oxygen atoms in total. The molecule has 2 atom stereocenters. The second-order valence-corrected chi connectivity index (χ2v) is 15.8. The van der Waals surface area contributed by atoms with Crippen LogP contribution < -0.4 is 21.3 Å². The highest BCUT2D eigenvalue weighted by Gasteiger charge is 2.26. The first-order chi connectivity index (χ1) is 29.4. The van der Waals surface area contributed by atoms with E-state index in [1.165, 1.54) is 91.0 Å². The first-order valence-electron chi connectivity index (χ1n) is 17.7. The lowest BCUT2D eigenvalue weighted by molar-refractivity contribution is -0.127. The Bertz CT molecular complexity index is 2640. The summed E-state index contributed by atoms with van der Waals surface area (Å²) in [6.07, 6.45) is 0. The van der Waals surface area contributed by atoms with Crippen molar-refractivity contribution in [1.29, 1.82) is 0 Å². The zero-order valence-corrected chi connectivity index (χ0v) is 37.2. The Morgan fingerprint density at radius 1 is 0.500 bits per heavy atom. The van der Waals surface area contributed by atoms with Crippen LogP contribution in [0.15, 0.2) is 111 Å². The molecule has 0 bridgehead atoms. The lowest BCUT2D eigenvalue weighted by Gasteiger charge is -2.15. The molecule has 0 fully saturated rings. The molecule has 4 amide bonds. The van der Waals surface area contributed by atoms with Gasteiger partial charge in [-0.25, -0.2) is 0 Å². The number of nitrogens with one attached hydrogen (secondary N) is 4. The van der Waals surface area contributed by atoms with Gasteiger partial charge in [-0.2, -0.15) is 20.5 Å². The molecule has 0 aliphatic heterocycles. The van der Waals surface area contributed by atoms with Crippen LogP contribution in [-0.4, -0.2) is 47.3 Å². The maximum absolute atomic E-state index is 13.3. The Kier molecular flexibility index (Phi) is 16.6. The molecule has 0 radical (unpaired) electrons. The highest BCUT2D eigenvalue weighted by atomic mass is 35.5. The first-order valence-corrected chi connectivity index (χ1v) is 20.5. The van der Waals surface area contributed by atoms with E-state index in [1.807, 2.05) is 0 Å². The quantitative estimate of drug-likeness (QED) is 0.0457. The average Bonchev–Trinajstić information content (AvgIpc) is 3.18. The monoisotopic (exact) mass is 974 g/mol. The van der Waals surface area contributed by atoms with E-state index in [0.29, 0.717) is 37.0 Å². The lowest BCUT2D eigenvalue weighted by atomic mass is 10.1. The molecular weight excluding hydrogens is 949 g/mol. The normalized spacial score (nSPS) is 12.1. The van der Waals surface area contributed by atoms with Gasteiger partial charge in [0.25, 0.3) is 23.6 Å². The van der Waals surface area contributed by atoms with Crippen LogP contribution >= 0.6 is 81.2 Å². The van der Waals surface area contributed by atoms with E-state index < -0.39 is 47.3 Å². The molecule has 0 aliphatic carbocycles. The molecule has 318 valence electrons. The van der Waals surface area contributed by atoms with Crippen LogP contribution in [0.3, 0.4) is 0 Å². The van der Waals surface area contributed by atoms with Crippen molar-refractivity contribution in [2.24, 2.45) is 20.5 Å². The van der Waals surface area contributed by atoms with E-state index in [1.54, 1.807) is 0 Å². The van der Waals surface area contributed by atoms with E-state index in [4.69, 9.17) is 81.2 Å². The van der Waals surface area contributed by atoms with Crippen molar-refractivity contribution in [2.75, 3.05) is 21.3 Å². The Morgan fingerprint density at radius 3 is 1.32 bits per heavy atom. The number of halogens is 7. The molecule has 5 aromatic rings. The van der Waals surface area contributed by atoms with Crippen LogP contribution in [0.25, 0.3) is 0 Å². The van der Waals surface area contributed by atoms with E-state index in [0.717, 1.165) is 13.8 Å². The summed E-state index contributed by atoms with van der Waals surface area (Å²) in [7, 11) is 0. The van der Waals surface area contributed by atoms with Gasteiger partial charge in [0, 0.05) is 59.8 Å². The number of hydrogen-bond donors (Lipinski definition) is 4. The Hall–Kier alpha value is -5.45. The van der Waals surface area contributed by atoms with E-state index in [9.17, 15) is 28.8 Å². The molecule has 0 saturated heterocycles. The highest BCUT2D eigenvalue weighted by Crippen LogP contribution is 2.31. The standard InChI is InChI=1S/C41H29Cl7N8O6/c1-19(57)36(55-53-34-10-21(3-6-31(34)47)38(59)50-29-14-24(43)12-25(44)15-29)40(61)49-28-5-8-33(23(9-28)18-42)52-41(62)37(20(2)58)56-54-35-11-22(4-7-32(35)48)39(60)51-30-16-26(45)13-27(46)17-30/h3-17,36-37H,18H2,1-2H3,(H,49,61)(H,50,59)(H,51,60)(H,52,62). The predicted octanol–water partition coefficient (Wildman–Crippen LogP) is 12.2. The van der Waals surface area contributed by atoms with Crippen molar-refractivity contribution in [3.63, 3.8) is 0 Å². The van der Waals surface area contributed by atoms with Gasteiger partial charge in [0.2, 0.25) is 12.1 Å². The molecule has 5 rings (SSSR count). The van der Waals surface area contributed by atoms with Crippen molar-refractivity contribution in [3.05, 3.63) is 138 Å². The number of rotatable bonds is 15. The maximum atomic E-state index is 13.3. The third kappa shape index (κ3) is 13.0. The van der Waals surface area contributed by atoms with Gasteiger partial charge in [0.1, 0.15) is 11.4 Å². The smallest absolute Gasteiger partial charge is 0.258 e. The van der Waals surface area contributed by atoms with Gasteiger partial charge in [-0.05, 0) is 110 Å². The zero-order chi connectivity index (χ0) is 45.2. The largest absolute Gasteiger partial charge is 0.324 e. The molecular formula is C41H29Cl7N8O6. The van der Waals surface area contributed by atoms with Gasteiger partial charge in [-0.15, -0.1) is 11.6 Å². The Balaban J connectivity index is 1.26. The minimum atomic E-state index is -1.65.